The van der Waals surface area contributed by atoms with Gasteiger partial charge in [-0.2, -0.15) is 0 Å². The van der Waals surface area contributed by atoms with Gasteiger partial charge in [0.2, 0.25) is 0 Å². The third-order valence-electron chi connectivity index (χ3n) is 2.12. The van der Waals surface area contributed by atoms with Crippen LogP contribution in [-0.4, -0.2) is 19.9 Å². The van der Waals surface area contributed by atoms with Crippen molar-refractivity contribution in [2.75, 3.05) is 5.32 Å². The molecule has 0 unspecified atom stereocenters. The lowest BCUT2D eigenvalue weighted by Crippen LogP contribution is -2.04. The topological polar surface area (TPSA) is 93.8 Å². The predicted octanol–water partition coefficient (Wildman–Crippen LogP) is 2.05. The van der Waals surface area contributed by atoms with Crippen LogP contribution in [0.1, 0.15) is 5.69 Å². The van der Waals surface area contributed by atoms with Gasteiger partial charge in [0, 0.05) is 12.3 Å². The largest absolute Gasteiger partial charge is 0.363 e. The van der Waals surface area contributed by atoms with E-state index in [0.29, 0.717) is 12.4 Å². The molecule has 18 heavy (non-hydrogen) atoms. The van der Waals surface area contributed by atoms with E-state index in [1.54, 1.807) is 12.3 Å². The van der Waals surface area contributed by atoms with Gasteiger partial charge in [-0.15, -0.1) is 0 Å². The Hall–Kier alpha value is -2.28. The molecule has 0 fully saturated rings. The molecule has 0 saturated heterocycles. The van der Waals surface area contributed by atoms with Gasteiger partial charge in [-0.25, -0.2) is 15.0 Å². The minimum atomic E-state index is -0.549. The zero-order chi connectivity index (χ0) is 13.0. The SMILES string of the molecule is O=[N+]([O-])c1cnc(NCc2ccncn2)c(Cl)c1. The molecule has 2 aromatic rings. The van der Waals surface area contributed by atoms with Crippen LogP contribution in [0, 0.1) is 10.1 Å². The van der Waals surface area contributed by atoms with Crippen molar-refractivity contribution in [1.29, 1.82) is 0 Å². The molecule has 0 aromatic carbocycles. The fourth-order valence-electron chi connectivity index (χ4n) is 1.25. The molecular formula is C10H8ClN5O2. The number of hydrogen-bond donors (Lipinski definition) is 1. The van der Waals surface area contributed by atoms with Gasteiger partial charge in [-0.1, -0.05) is 11.6 Å². The van der Waals surface area contributed by atoms with E-state index in [2.05, 4.69) is 20.3 Å². The minimum absolute atomic E-state index is 0.146. The Balaban J connectivity index is 2.08. The Morgan fingerprint density at radius 2 is 2.28 bits per heavy atom. The molecule has 2 heterocycles. The summed E-state index contributed by atoms with van der Waals surface area (Å²) in [6.07, 6.45) is 4.20. The Kier molecular flexibility index (Phi) is 3.63. The summed E-state index contributed by atoms with van der Waals surface area (Å²) in [5.74, 6) is 0.376. The summed E-state index contributed by atoms with van der Waals surface area (Å²) >= 11 is 5.88. The van der Waals surface area contributed by atoms with Crippen molar-refractivity contribution in [3.63, 3.8) is 0 Å². The van der Waals surface area contributed by atoms with Crippen molar-refractivity contribution >= 4 is 23.1 Å². The van der Waals surface area contributed by atoms with Crippen LogP contribution in [0.4, 0.5) is 11.5 Å². The lowest BCUT2D eigenvalue weighted by atomic mass is 10.3. The van der Waals surface area contributed by atoms with Crippen LogP contribution in [0.5, 0.6) is 0 Å². The van der Waals surface area contributed by atoms with E-state index in [9.17, 15) is 10.1 Å². The highest BCUT2D eigenvalue weighted by Crippen LogP contribution is 2.23. The van der Waals surface area contributed by atoms with Crippen molar-refractivity contribution in [2.24, 2.45) is 0 Å². The maximum Gasteiger partial charge on any atom is 0.289 e. The highest BCUT2D eigenvalue weighted by Gasteiger charge is 2.10. The molecule has 0 atom stereocenters. The summed E-state index contributed by atoms with van der Waals surface area (Å²) in [6, 6.07) is 2.99. The van der Waals surface area contributed by atoms with Crippen molar-refractivity contribution in [3.05, 3.63) is 51.7 Å². The van der Waals surface area contributed by atoms with E-state index >= 15 is 0 Å². The summed E-state index contributed by atoms with van der Waals surface area (Å²) in [4.78, 5) is 21.7. The van der Waals surface area contributed by atoms with Gasteiger partial charge in [0.05, 0.1) is 22.2 Å². The van der Waals surface area contributed by atoms with Gasteiger partial charge in [0.25, 0.3) is 5.69 Å². The van der Waals surface area contributed by atoms with Crippen LogP contribution in [0.25, 0.3) is 0 Å². The van der Waals surface area contributed by atoms with E-state index in [-0.39, 0.29) is 10.7 Å². The fraction of sp³-hybridized carbons (Fsp3) is 0.100. The van der Waals surface area contributed by atoms with Crippen molar-refractivity contribution in [3.8, 4) is 0 Å². The summed E-state index contributed by atoms with van der Waals surface area (Å²) in [7, 11) is 0. The maximum atomic E-state index is 10.5. The Morgan fingerprint density at radius 3 is 2.89 bits per heavy atom. The first-order valence-corrected chi connectivity index (χ1v) is 5.33. The van der Waals surface area contributed by atoms with Crippen molar-refractivity contribution in [1.82, 2.24) is 15.0 Å². The monoisotopic (exact) mass is 265 g/mol. The van der Waals surface area contributed by atoms with Gasteiger partial charge >= 0.3 is 0 Å². The average Bonchev–Trinajstić information content (AvgIpc) is 2.38. The number of pyridine rings is 1. The molecule has 0 aliphatic carbocycles. The Morgan fingerprint density at radius 1 is 1.44 bits per heavy atom. The second kappa shape index (κ2) is 5.37. The quantitative estimate of drug-likeness (QED) is 0.671. The molecule has 8 heteroatoms. The average molecular weight is 266 g/mol. The van der Waals surface area contributed by atoms with E-state index in [4.69, 9.17) is 11.6 Å². The van der Waals surface area contributed by atoms with Crippen LogP contribution in [0.2, 0.25) is 5.02 Å². The third-order valence-corrected chi connectivity index (χ3v) is 2.41. The van der Waals surface area contributed by atoms with Crippen molar-refractivity contribution < 1.29 is 4.92 Å². The molecule has 0 amide bonds. The third kappa shape index (κ3) is 2.89. The zero-order valence-electron chi connectivity index (χ0n) is 9.08. The number of nitro groups is 1. The second-order valence-electron chi connectivity index (χ2n) is 3.34. The molecule has 0 bridgehead atoms. The fourth-order valence-corrected chi connectivity index (χ4v) is 1.48. The van der Waals surface area contributed by atoms with Crippen LogP contribution in [-0.2, 0) is 6.54 Å². The van der Waals surface area contributed by atoms with E-state index < -0.39 is 4.92 Å². The van der Waals surface area contributed by atoms with Crippen LogP contribution < -0.4 is 5.32 Å². The first-order chi connectivity index (χ1) is 8.66. The van der Waals surface area contributed by atoms with E-state index in [1.807, 2.05) is 0 Å². The summed E-state index contributed by atoms with van der Waals surface area (Å²) in [5, 5.41) is 13.6. The standard InChI is InChI=1S/C10H8ClN5O2/c11-9-3-8(16(17)18)5-14-10(9)13-4-7-1-2-12-6-15-7/h1-3,5-6H,4H2,(H,13,14). The number of hydrogen-bond acceptors (Lipinski definition) is 6. The maximum absolute atomic E-state index is 10.5. The van der Waals surface area contributed by atoms with Gasteiger partial charge in [0.1, 0.15) is 18.3 Å². The number of halogens is 1. The van der Waals surface area contributed by atoms with Gasteiger partial charge in [0.15, 0.2) is 0 Å². The summed E-state index contributed by atoms with van der Waals surface area (Å²) < 4.78 is 0. The molecule has 0 spiro atoms. The Bertz CT molecular complexity index is 563. The van der Waals surface area contributed by atoms with Crippen molar-refractivity contribution in [2.45, 2.75) is 6.54 Å². The number of anilines is 1. The molecule has 0 aliphatic heterocycles. The number of nitrogens with zero attached hydrogens (tertiary/aromatic N) is 4. The van der Waals surface area contributed by atoms with Gasteiger partial charge in [-0.3, -0.25) is 10.1 Å². The number of aromatic nitrogens is 3. The van der Waals surface area contributed by atoms with Gasteiger partial charge in [-0.05, 0) is 6.07 Å². The van der Waals surface area contributed by atoms with E-state index in [0.717, 1.165) is 11.9 Å². The summed E-state index contributed by atoms with van der Waals surface area (Å²) in [6.45, 7) is 0.410. The first-order valence-electron chi connectivity index (χ1n) is 4.95. The van der Waals surface area contributed by atoms with Crippen LogP contribution in [0.15, 0.2) is 30.9 Å². The number of rotatable bonds is 4. The summed E-state index contributed by atoms with van der Waals surface area (Å²) in [5.41, 5.74) is 0.619. The molecule has 2 rings (SSSR count). The van der Waals surface area contributed by atoms with Crippen LogP contribution in [0.3, 0.4) is 0 Å². The zero-order valence-corrected chi connectivity index (χ0v) is 9.83. The highest BCUT2D eigenvalue weighted by molar-refractivity contribution is 6.33. The number of nitrogens with one attached hydrogen (secondary N) is 1. The smallest absolute Gasteiger partial charge is 0.289 e. The normalized spacial score (nSPS) is 10.1. The predicted molar refractivity (Wildman–Crippen MR) is 65.3 cm³/mol. The van der Waals surface area contributed by atoms with Crippen LogP contribution >= 0.6 is 11.6 Å². The molecule has 1 N–H and O–H groups in total. The minimum Gasteiger partial charge on any atom is -0.363 e. The molecular weight excluding hydrogens is 258 g/mol. The molecule has 92 valence electrons. The van der Waals surface area contributed by atoms with Gasteiger partial charge < -0.3 is 5.32 Å². The second-order valence-corrected chi connectivity index (χ2v) is 3.74. The molecule has 2 aromatic heterocycles. The highest BCUT2D eigenvalue weighted by atomic mass is 35.5. The lowest BCUT2D eigenvalue weighted by molar-refractivity contribution is -0.385. The molecule has 7 nitrogen and oxygen atoms in total. The lowest BCUT2D eigenvalue weighted by Gasteiger charge is -2.06. The Labute approximate surface area is 107 Å². The molecule has 0 radical (unpaired) electrons. The molecule has 0 aliphatic rings. The molecule has 0 saturated carbocycles. The first kappa shape index (κ1) is 12.2. The van der Waals surface area contributed by atoms with E-state index in [1.165, 1.54) is 12.4 Å².